The van der Waals surface area contributed by atoms with Crippen LogP contribution >= 0.6 is 0 Å². The summed E-state index contributed by atoms with van der Waals surface area (Å²) in [5.74, 6) is 0. The molecular weight excluding hydrogens is 420 g/mol. The SMILES string of the molecule is CCCCCC[n+]1ccc(C=CC=C2N(CC)c3ccc(S(=O)(=O)O)cc3C2(C)C)cc1. The second-order valence-electron chi connectivity index (χ2n) is 8.86. The highest BCUT2D eigenvalue weighted by molar-refractivity contribution is 7.85. The summed E-state index contributed by atoms with van der Waals surface area (Å²) in [6.07, 6.45) is 15.5. The van der Waals surface area contributed by atoms with Crippen molar-refractivity contribution in [2.24, 2.45) is 0 Å². The summed E-state index contributed by atoms with van der Waals surface area (Å²) in [5, 5.41) is 0. The van der Waals surface area contributed by atoms with Gasteiger partial charge in [-0.15, -0.1) is 0 Å². The number of nitrogens with zero attached hydrogens (tertiary/aromatic N) is 2. The van der Waals surface area contributed by atoms with Crippen LogP contribution in [-0.2, 0) is 22.1 Å². The van der Waals surface area contributed by atoms with Crippen molar-refractivity contribution in [3.8, 4) is 0 Å². The molecule has 0 radical (unpaired) electrons. The maximum Gasteiger partial charge on any atom is 0.294 e. The minimum Gasteiger partial charge on any atom is -0.344 e. The van der Waals surface area contributed by atoms with Gasteiger partial charge in [0.1, 0.15) is 6.54 Å². The van der Waals surface area contributed by atoms with Crippen molar-refractivity contribution in [3.63, 3.8) is 0 Å². The standard InChI is InChI=1S/C26H34N2O3S/c1-5-7-8-9-17-27-18-15-21(16-19-27)11-10-12-25-26(3,4)23-20-22(32(29,30)31)13-14-24(23)28(25)6-2/h10-16,18-20H,5-9,17H2,1-4H3/p+1. The molecule has 0 unspecified atom stereocenters. The van der Waals surface area contributed by atoms with Crippen LogP contribution in [0.3, 0.4) is 0 Å². The zero-order valence-corrected chi connectivity index (χ0v) is 20.4. The lowest BCUT2D eigenvalue weighted by Crippen LogP contribution is -2.32. The Hall–Kier alpha value is -2.44. The smallest absolute Gasteiger partial charge is 0.294 e. The zero-order valence-electron chi connectivity index (χ0n) is 19.6. The van der Waals surface area contributed by atoms with Gasteiger partial charge in [-0.3, -0.25) is 4.55 Å². The molecule has 6 heteroatoms. The average molecular weight is 456 g/mol. The molecule has 1 aromatic heterocycles. The number of unbranched alkanes of at least 4 members (excludes halogenated alkanes) is 3. The van der Waals surface area contributed by atoms with Crippen LogP contribution < -0.4 is 9.47 Å². The largest absolute Gasteiger partial charge is 0.344 e. The van der Waals surface area contributed by atoms with Gasteiger partial charge in [0.05, 0.1) is 4.90 Å². The molecule has 0 saturated heterocycles. The van der Waals surface area contributed by atoms with E-state index in [9.17, 15) is 13.0 Å². The molecule has 0 fully saturated rings. The van der Waals surface area contributed by atoms with E-state index in [2.05, 4.69) is 79.9 Å². The van der Waals surface area contributed by atoms with Crippen LogP contribution in [0.5, 0.6) is 0 Å². The van der Waals surface area contributed by atoms with E-state index in [1.807, 2.05) is 0 Å². The molecule has 0 atom stereocenters. The summed E-state index contributed by atoms with van der Waals surface area (Å²) in [6, 6.07) is 9.09. The van der Waals surface area contributed by atoms with Gasteiger partial charge < -0.3 is 4.90 Å². The number of aryl methyl sites for hydroxylation is 1. The lowest BCUT2D eigenvalue weighted by molar-refractivity contribution is -0.697. The summed E-state index contributed by atoms with van der Waals surface area (Å²) in [6.45, 7) is 10.3. The Bertz CT molecular complexity index is 1100. The predicted molar refractivity (Wildman–Crippen MR) is 130 cm³/mol. The van der Waals surface area contributed by atoms with Crippen molar-refractivity contribution in [2.75, 3.05) is 11.4 Å². The fourth-order valence-electron chi connectivity index (χ4n) is 4.36. The number of likely N-dealkylation sites (N-methyl/N-ethyl adjacent to an activating group) is 1. The molecule has 1 aliphatic rings. The van der Waals surface area contributed by atoms with E-state index in [0.717, 1.165) is 35.6 Å². The van der Waals surface area contributed by atoms with Gasteiger partial charge in [0.2, 0.25) is 0 Å². The molecule has 32 heavy (non-hydrogen) atoms. The summed E-state index contributed by atoms with van der Waals surface area (Å²) in [4.78, 5) is 2.13. The van der Waals surface area contributed by atoms with Gasteiger partial charge in [0.15, 0.2) is 12.4 Å². The lowest BCUT2D eigenvalue weighted by Gasteiger charge is -2.25. The van der Waals surface area contributed by atoms with Gasteiger partial charge >= 0.3 is 0 Å². The molecule has 5 nitrogen and oxygen atoms in total. The molecule has 1 aromatic carbocycles. The molecule has 0 aliphatic carbocycles. The van der Waals surface area contributed by atoms with Crippen molar-refractivity contribution in [3.05, 3.63) is 71.7 Å². The summed E-state index contributed by atoms with van der Waals surface area (Å²) in [7, 11) is -4.24. The minimum absolute atomic E-state index is 0.0653. The van der Waals surface area contributed by atoms with E-state index in [4.69, 9.17) is 0 Å². The fraction of sp³-hybridized carbons (Fsp3) is 0.423. The molecule has 172 valence electrons. The second-order valence-corrected chi connectivity index (χ2v) is 10.3. The van der Waals surface area contributed by atoms with Crippen LogP contribution in [0.25, 0.3) is 6.08 Å². The first kappa shape index (κ1) is 24.2. The Balaban J connectivity index is 1.79. The van der Waals surface area contributed by atoms with E-state index in [0.29, 0.717) is 0 Å². The number of hydrogen-bond acceptors (Lipinski definition) is 3. The number of allylic oxidation sites excluding steroid dienone is 3. The van der Waals surface area contributed by atoms with Crippen LogP contribution in [0.1, 0.15) is 64.5 Å². The maximum atomic E-state index is 11.6. The highest BCUT2D eigenvalue weighted by Gasteiger charge is 2.39. The van der Waals surface area contributed by atoms with Crippen molar-refractivity contribution < 1.29 is 17.5 Å². The van der Waals surface area contributed by atoms with Crippen LogP contribution in [0.4, 0.5) is 5.69 Å². The Kier molecular flexibility index (Phi) is 7.57. The van der Waals surface area contributed by atoms with Gasteiger partial charge in [-0.1, -0.05) is 45.8 Å². The second kappa shape index (κ2) is 10.0. The number of anilines is 1. The van der Waals surface area contributed by atoms with Crippen molar-refractivity contribution in [1.29, 1.82) is 0 Å². The summed E-state index contributed by atoms with van der Waals surface area (Å²) < 4.78 is 35.0. The van der Waals surface area contributed by atoms with Gasteiger partial charge in [-0.25, -0.2) is 4.57 Å². The first-order valence-electron chi connectivity index (χ1n) is 11.5. The predicted octanol–water partition coefficient (Wildman–Crippen LogP) is 5.52. The Morgan fingerprint density at radius 1 is 1.06 bits per heavy atom. The van der Waals surface area contributed by atoms with Gasteiger partial charge in [0.25, 0.3) is 10.1 Å². The maximum absolute atomic E-state index is 11.6. The molecule has 0 spiro atoms. The third-order valence-corrected chi connectivity index (χ3v) is 7.06. The summed E-state index contributed by atoms with van der Waals surface area (Å²) >= 11 is 0. The third kappa shape index (κ3) is 5.30. The summed E-state index contributed by atoms with van der Waals surface area (Å²) in [5.41, 5.74) is 3.73. The van der Waals surface area contributed by atoms with Crippen molar-refractivity contribution >= 4 is 21.9 Å². The third-order valence-electron chi connectivity index (χ3n) is 6.21. The fourth-order valence-corrected chi connectivity index (χ4v) is 4.86. The molecule has 3 rings (SSSR count). The highest BCUT2D eigenvalue weighted by Crippen LogP contribution is 2.48. The minimum atomic E-state index is -4.24. The molecule has 0 saturated carbocycles. The first-order valence-corrected chi connectivity index (χ1v) is 12.9. The lowest BCUT2D eigenvalue weighted by atomic mass is 9.83. The van der Waals surface area contributed by atoms with Crippen LogP contribution in [-0.4, -0.2) is 19.5 Å². The van der Waals surface area contributed by atoms with E-state index in [-0.39, 0.29) is 10.3 Å². The number of rotatable bonds is 9. The van der Waals surface area contributed by atoms with Crippen LogP contribution in [0.2, 0.25) is 0 Å². The molecule has 1 N–H and O–H groups in total. The molecule has 2 heterocycles. The molecule has 1 aliphatic heterocycles. The van der Waals surface area contributed by atoms with Crippen LogP contribution in [0, 0.1) is 0 Å². The van der Waals surface area contributed by atoms with E-state index in [1.54, 1.807) is 12.1 Å². The monoisotopic (exact) mass is 455 g/mol. The first-order chi connectivity index (χ1) is 15.2. The van der Waals surface area contributed by atoms with Gasteiger partial charge in [-0.05, 0) is 48.7 Å². The highest BCUT2D eigenvalue weighted by atomic mass is 32.2. The molecule has 2 aromatic rings. The number of fused-ring (bicyclic) bond motifs is 1. The number of hydrogen-bond donors (Lipinski definition) is 1. The van der Waals surface area contributed by atoms with E-state index >= 15 is 0 Å². The number of aromatic nitrogens is 1. The van der Waals surface area contributed by atoms with Crippen molar-refractivity contribution in [2.45, 2.75) is 70.2 Å². The topological polar surface area (TPSA) is 61.5 Å². The van der Waals surface area contributed by atoms with E-state index in [1.165, 1.54) is 31.7 Å². The van der Waals surface area contributed by atoms with Gasteiger partial charge in [-0.2, -0.15) is 8.42 Å². The normalized spacial score (nSPS) is 16.8. The Morgan fingerprint density at radius 3 is 2.41 bits per heavy atom. The van der Waals surface area contributed by atoms with E-state index < -0.39 is 10.1 Å². The Morgan fingerprint density at radius 2 is 1.78 bits per heavy atom. The average Bonchev–Trinajstić information content (AvgIpc) is 2.97. The molecule has 0 amide bonds. The number of benzene rings is 1. The Labute approximate surface area is 192 Å². The molecular formula is C26H35N2O3S+. The zero-order chi connectivity index (χ0) is 23.4. The van der Waals surface area contributed by atoms with Crippen LogP contribution in [0.15, 0.2) is 65.5 Å². The van der Waals surface area contributed by atoms with Crippen molar-refractivity contribution in [1.82, 2.24) is 0 Å². The molecule has 0 bridgehead atoms. The quantitative estimate of drug-likeness (QED) is 0.307. The van der Waals surface area contributed by atoms with Gasteiger partial charge in [0, 0.05) is 41.9 Å². The number of pyridine rings is 1.